The van der Waals surface area contributed by atoms with Gasteiger partial charge in [0.15, 0.2) is 0 Å². The van der Waals surface area contributed by atoms with Crippen LogP contribution >= 0.6 is 0 Å². The van der Waals surface area contributed by atoms with E-state index >= 15 is 0 Å². The topological polar surface area (TPSA) is 55.3 Å². The summed E-state index contributed by atoms with van der Waals surface area (Å²) in [7, 11) is 0. The van der Waals surface area contributed by atoms with Crippen LogP contribution in [0, 0.1) is 5.92 Å². The molecule has 88 valence electrons. The first-order valence-electron chi connectivity index (χ1n) is 6.01. The Morgan fingerprint density at radius 1 is 1.31 bits per heavy atom. The van der Waals surface area contributed by atoms with Crippen LogP contribution in [0.15, 0.2) is 18.2 Å². The van der Waals surface area contributed by atoms with E-state index in [1.807, 2.05) is 12.1 Å². The van der Waals surface area contributed by atoms with E-state index in [4.69, 9.17) is 11.5 Å². The first-order valence-corrected chi connectivity index (χ1v) is 6.01. The van der Waals surface area contributed by atoms with Gasteiger partial charge in [-0.2, -0.15) is 0 Å². The number of benzene rings is 1. The van der Waals surface area contributed by atoms with Gasteiger partial charge in [-0.05, 0) is 43.0 Å². The van der Waals surface area contributed by atoms with Crippen LogP contribution in [0.3, 0.4) is 0 Å². The molecular weight excluding hydrogens is 198 g/mol. The second-order valence-corrected chi connectivity index (χ2v) is 4.95. The lowest BCUT2D eigenvalue weighted by atomic mass is 10.00. The van der Waals surface area contributed by atoms with Gasteiger partial charge in [0.25, 0.3) is 0 Å². The number of nitrogens with two attached hydrogens (primary N) is 2. The molecule has 0 spiro atoms. The molecule has 1 heterocycles. The maximum atomic E-state index is 5.81. The van der Waals surface area contributed by atoms with Crippen LogP contribution in [-0.2, 0) is 6.54 Å². The Hall–Kier alpha value is -1.22. The van der Waals surface area contributed by atoms with Crippen molar-refractivity contribution in [3.05, 3.63) is 23.8 Å². The van der Waals surface area contributed by atoms with Gasteiger partial charge in [0.1, 0.15) is 0 Å². The van der Waals surface area contributed by atoms with Crippen molar-refractivity contribution in [2.45, 2.75) is 26.3 Å². The van der Waals surface area contributed by atoms with Crippen molar-refractivity contribution in [3.8, 4) is 0 Å². The number of nitrogens with zero attached hydrogens (tertiary/aromatic N) is 1. The molecule has 3 nitrogen and oxygen atoms in total. The summed E-state index contributed by atoms with van der Waals surface area (Å²) in [6.07, 6.45) is 2.67. The van der Waals surface area contributed by atoms with Crippen LogP contribution in [0.1, 0.15) is 25.3 Å². The highest BCUT2D eigenvalue weighted by molar-refractivity contribution is 5.63. The first kappa shape index (κ1) is 11.3. The Bertz CT molecular complexity index is 362. The minimum Gasteiger partial charge on any atom is -0.397 e. The molecular formula is C13H21N3. The Morgan fingerprint density at radius 3 is 2.81 bits per heavy atom. The normalized spacial score (nSPS) is 22.2. The maximum absolute atomic E-state index is 5.81. The fourth-order valence-corrected chi connectivity index (χ4v) is 2.41. The van der Waals surface area contributed by atoms with Crippen LogP contribution in [0.25, 0.3) is 0 Å². The summed E-state index contributed by atoms with van der Waals surface area (Å²) in [5.74, 6) is 0.819. The summed E-state index contributed by atoms with van der Waals surface area (Å²) in [6.45, 7) is 5.72. The zero-order chi connectivity index (χ0) is 11.5. The predicted molar refractivity (Wildman–Crippen MR) is 68.9 cm³/mol. The molecule has 4 N–H and O–H groups in total. The molecule has 3 heteroatoms. The summed E-state index contributed by atoms with van der Waals surface area (Å²) in [5, 5.41) is 0. The van der Waals surface area contributed by atoms with Crippen molar-refractivity contribution in [2.24, 2.45) is 5.92 Å². The third-order valence-electron chi connectivity index (χ3n) is 3.30. The van der Waals surface area contributed by atoms with Crippen molar-refractivity contribution in [1.29, 1.82) is 0 Å². The lowest BCUT2D eigenvalue weighted by Gasteiger charge is -2.30. The highest BCUT2D eigenvalue weighted by Crippen LogP contribution is 2.20. The Labute approximate surface area is 97.4 Å². The zero-order valence-electron chi connectivity index (χ0n) is 9.95. The van der Waals surface area contributed by atoms with E-state index in [0.717, 1.165) is 12.5 Å². The van der Waals surface area contributed by atoms with Crippen molar-refractivity contribution < 1.29 is 0 Å². The van der Waals surface area contributed by atoms with Gasteiger partial charge in [0.2, 0.25) is 0 Å². The Kier molecular flexibility index (Phi) is 3.34. The SMILES string of the molecule is CC1CCCN(Cc2ccc(N)c(N)c2)C1. The van der Waals surface area contributed by atoms with E-state index in [0.29, 0.717) is 11.4 Å². The fraction of sp³-hybridized carbons (Fsp3) is 0.538. The molecule has 1 aliphatic rings. The van der Waals surface area contributed by atoms with E-state index in [-0.39, 0.29) is 0 Å². The number of likely N-dealkylation sites (tertiary alicyclic amines) is 1. The van der Waals surface area contributed by atoms with Crippen molar-refractivity contribution in [3.63, 3.8) is 0 Å². The van der Waals surface area contributed by atoms with Gasteiger partial charge >= 0.3 is 0 Å². The third kappa shape index (κ3) is 2.67. The molecule has 1 aromatic rings. The summed E-state index contributed by atoms with van der Waals surface area (Å²) in [4.78, 5) is 2.50. The number of piperidine rings is 1. The van der Waals surface area contributed by atoms with Crippen LogP contribution < -0.4 is 11.5 Å². The average molecular weight is 219 g/mol. The number of nitrogen functional groups attached to an aromatic ring is 2. The van der Waals surface area contributed by atoms with Crippen molar-refractivity contribution in [2.75, 3.05) is 24.6 Å². The van der Waals surface area contributed by atoms with Crippen LogP contribution in [0.4, 0.5) is 11.4 Å². The summed E-state index contributed by atoms with van der Waals surface area (Å²) in [6, 6.07) is 5.97. The second-order valence-electron chi connectivity index (χ2n) is 4.95. The van der Waals surface area contributed by atoms with E-state index in [9.17, 15) is 0 Å². The maximum Gasteiger partial charge on any atom is 0.0551 e. The van der Waals surface area contributed by atoms with Gasteiger partial charge < -0.3 is 11.5 Å². The minimum absolute atomic E-state index is 0.677. The van der Waals surface area contributed by atoms with Gasteiger partial charge in [0.05, 0.1) is 11.4 Å². The average Bonchev–Trinajstić information content (AvgIpc) is 2.24. The molecule has 1 saturated heterocycles. The molecule has 0 aliphatic carbocycles. The van der Waals surface area contributed by atoms with Crippen LogP contribution in [0.2, 0.25) is 0 Å². The summed E-state index contributed by atoms with van der Waals surface area (Å²) in [5.41, 5.74) is 14.2. The number of rotatable bonds is 2. The van der Waals surface area contributed by atoms with E-state index in [1.54, 1.807) is 0 Å². The van der Waals surface area contributed by atoms with E-state index in [2.05, 4.69) is 17.9 Å². The highest BCUT2D eigenvalue weighted by Gasteiger charge is 2.16. The standard InChI is InChI=1S/C13H21N3/c1-10-3-2-6-16(8-10)9-11-4-5-12(14)13(15)7-11/h4-5,7,10H,2-3,6,8-9,14-15H2,1H3. The molecule has 0 bridgehead atoms. The second kappa shape index (κ2) is 4.74. The smallest absolute Gasteiger partial charge is 0.0551 e. The van der Waals surface area contributed by atoms with Gasteiger partial charge in [-0.25, -0.2) is 0 Å². The molecule has 2 rings (SSSR count). The van der Waals surface area contributed by atoms with E-state index < -0.39 is 0 Å². The Balaban J connectivity index is 2.00. The number of hydrogen-bond donors (Lipinski definition) is 2. The minimum atomic E-state index is 0.677. The van der Waals surface area contributed by atoms with Crippen molar-refractivity contribution >= 4 is 11.4 Å². The van der Waals surface area contributed by atoms with Gasteiger partial charge in [-0.15, -0.1) is 0 Å². The molecule has 0 radical (unpaired) electrons. The monoisotopic (exact) mass is 219 g/mol. The van der Waals surface area contributed by atoms with Gasteiger partial charge in [-0.1, -0.05) is 13.0 Å². The molecule has 1 aromatic carbocycles. The van der Waals surface area contributed by atoms with Crippen LogP contribution in [-0.4, -0.2) is 18.0 Å². The van der Waals surface area contributed by atoms with Gasteiger partial charge in [-0.3, -0.25) is 4.90 Å². The van der Waals surface area contributed by atoms with Crippen molar-refractivity contribution in [1.82, 2.24) is 4.90 Å². The Morgan fingerprint density at radius 2 is 2.12 bits per heavy atom. The predicted octanol–water partition coefficient (Wildman–Crippen LogP) is 2.08. The molecule has 1 fully saturated rings. The lowest BCUT2D eigenvalue weighted by molar-refractivity contribution is 0.176. The zero-order valence-corrected chi connectivity index (χ0v) is 9.95. The largest absolute Gasteiger partial charge is 0.397 e. The van der Waals surface area contributed by atoms with Gasteiger partial charge in [0, 0.05) is 13.1 Å². The van der Waals surface area contributed by atoms with Crippen LogP contribution in [0.5, 0.6) is 0 Å². The molecule has 1 unspecified atom stereocenters. The molecule has 0 amide bonds. The molecule has 1 aliphatic heterocycles. The molecule has 1 atom stereocenters. The summed E-state index contributed by atoms with van der Waals surface area (Å²) >= 11 is 0. The quantitative estimate of drug-likeness (QED) is 0.749. The molecule has 16 heavy (non-hydrogen) atoms. The molecule has 0 saturated carbocycles. The molecule has 0 aromatic heterocycles. The lowest BCUT2D eigenvalue weighted by Crippen LogP contribution is -2.33. The first-order chi connectivity index (χ1) is 7.65. The fourth-order valence-electron chi connectivity index (χ4n) is 2.41. The highest BCUT2D eigenvalue weighted by atomic mass is 15.1. The van der Waals surface area contributed by atoms with E-state index in [1.165, 1.54) is 31.5 Å². The number of anilines is 2. The number of hydrogen-bond acceptors (Lipinski definition) is 3. The third-order valence-corrected chi connectivity index (χ3v) is 3.30. The summed E-state index contributed by atoms with van der Waals surface area (Å²) < 4.78 is 0.